The van der Waals surface area contributed by atoms with E-state index in [2.05, 4.69) is 26.8 Å². The molecule has 0 unspecified atom stereocenters. The SMILES string of the molecule is C[C@@H]1CC[C@]2(C(=O)O)CC[C@]3(C)C(=CC[C@H]4[C@@]5(C)[C@H](O)[C@@H](O)C(=O)C(C)(C)[C@H]5CC[C@]43C)[C@@H]2[C@]1(C)O. The number of Topliss-reactive ketones (excluding diaryl/α,β-unsaturated/α-hetero) is 1. The van der Waals surface area contributed by atoms with Gasteiger partial charge in [-0.25, -0.2) is 0 Å². The fourth-order valence-corrected chi connectivity index (χ4v) is 10.7. The minimum atomic E-state index is -1.40. The van der Waals surface area contributed by atoms with Crippen LogP contribution < -0.4 is 0 Å². The van der Waals surface area contributed by atoms with Gasteiger partial charge in [0.1, 0.15) is 6.10 Å². The van der Waals surface area contributed by atoms with Crippen molar-refractivity contribution in [2.75, 3.05) is 0 Å². The van der Waals surface area contributed by atoms with E-state index in [1.165, 1.54) is 0 Å². The van der Waals surface area contributed by atoms with E-state index in [1.807, 2.05) is 27.7 Å². The average molecular weight is 503 g/mol. The van der Waals surface area contributed by atoms with Crippen LogP contribution in [0.2, 0.25) is 0 Å². The van der Waals surface area contributed by atoms with E-state index in [0.717, 1.165) is 24.8 Å². The highest BCUT2D eigenvalue weighted by atomic mass is 16.4. The number of hydrogen-bond donors (Lipinski definition) is 4. The van der Waals surface area contributed by atoms with E-state index in [9.17, 15) is 30.0 Å². The van der Waals surface area contributed by atoms with Gasteiger partial charge in [0.15, 0.2) is 5.78 Å². The van der Waals surface area contributed by atoms with Crippen LogP contribution >= 0.6 is 0 Å². The summed E-state index contributed by atoms with van der Waals surface area (Å²) in [7, 11) is 0. The lowest BCUT2D eigenvalue weighted by atomic mass is 9.32. The number of aliphatic hydroxyl groups is 3. The van der Waals surface area contributed by atoms with Crippen molar-refractivity contribution < 1.29 is 30.0 Å². The maximum atomic E-state index is 13.0. The second-order valence-corrected chi connectivity index (χ2v) is 14.7. The first-order chi connectivity index (χ1) is 16.4. The molecule has 202 valence electrons. The van der Waals surface area contributed by atoms with E-state index in [1.54, 1.807) is 0 Å². The number of fused-ring (bicyclic) bond motifs is 7. The summed E-state index contributed by atoms with van der Waals surface area (Å²) in [5.41, 5.74) is -2.98. The molecule has 0 amide bonds. The van der Waals surface area contributed by atoms with Gasteiger partial charge in [-0.15, -0.1) is 0 Å². The minimum Gasteiger partial charge on any atom is -0.481 e. The zero-order valence-electron chi connectivity index (χ0n) is 23.1. The number of carbonyl (C=O) groups is 2. The number of carboxylic acid groups (broad SMARTS) is 1. The lowest BCUT2D eigenvalue weighted by molar-refractivity contribution is -0.241. The first-order valence-corrected chi connectivity index (χ1v) is 14.0. The van der Waals surface area contributed by atoms with E-state index >= 15 is 0 Å². The first kappa shape index (κ1) is 26.4. The molecule has 5 aliphatic carbocycles. The van der Waals surface area contributed by atoms with Crippen molar-refractivity contribution in [1.29, 1.82) is 0 Å². The summed E-state index contributed by atoms with van der Waals surface area (Å²) in [6, 6.07) is 0. The summed E-state index contributed by atoms with van der Waals surface area (Å²) in [5, 5.41) is 44.8. The molecule has 4 N–H and O–H groups in total. The van der Waals surface area contributed by atoms with Crippen LogP contribution in [0.1, 0.15) is 93.4 Å². The van der Waals surface area contributed by atoms with Crippen molar-refractivity contribution in [3.05, 3.63) is 11.6 Å². The van der Waals surface area contributed by atoms with Crippen molar-refractivity contribution in [2.24, 2.45) is 50.7 Å². The molecule has 36 heavy (non-hydrogen) atoms. The predicted octanol–water partition coefficient (Wildman–Crippen LogP) is 4.35. The summed E-state index contributed by atoms with van der Waals surface area (Å²) in [6.07, 6.45) is 4.51. The Balaban J connectivity index is 1.68. The molecule has 5 rings (SSSR count). The van der Waals surface area contributed by atoms with Gasteiger partial charge in [0, 0.05) is 16.7 Å². The number of aliphatic hydroxyl groups excluding tert-OH is 2. The van der Waals surface area contributed by atoms with E-state index in [-0.39, 0.29) is 34.4 Å². The molecule has 0 saturated heterocycles. The van der Waals surface area contributed by atoms with Crippen LogP contribution in [0.25, 0.3) is 0 Å². The van der Waals surface area contributed by atoms with Gasteiger partial charge in [-0.2, -0.15) is 0 Å². The van der Waals surface area contributed by atoms with Crippen molar-refractivity contribution in [2.45, 2.75) is 111 Å². The molecule has 0 heterocycles. The maximum Gasteiger partial charge on any atom is 0.310 e. The molecule has 4 fully saturated rings. The van der Waals surface area contributed by atoms with Gasteiger partial charge >= 0.3 is 5.97 Å². The number of rotatable bonds is 1. The van der Waals surface area contributed by atoms with Gasteiger partial charge in [-0.1, -0.05) is 53.2 Å². The smallest absolute Gasteiger partial charge is 0.310 e. The summed E-state index contributed by atoms with van der Waals surface area (Å²) in [4.78, 5) is 25.9. The Morgan fingerprint density at radius 2 is 1.58 bits per heavy atom. The van der Waals surface area contributed by atoms with E-state index < -0.39 is 45.9 Å². The van der Waals surface area contributed by atoms with Gasteiger partial charge in [0.05, 0.1) is 17.1 Å². The summed E-state index contributed by atoms with van der Waals surface area (Å²) in [5.74, 6) is -1.54. The zero-order chi connectivity index (χ0) is 26.9. The molecule has 11 atom stereocenters. The number of ketones is 1. The quantitative estimate of drug-likeness (QED) is 0.396. The summed E-state index contributed by atoms with van der Waals surface area (Å²) >= 11 is 0. The monoisotopic (exact) mass is 502 g/mol. The summed E-state index contributed by atoms with van der Waals surface area (Å²) < 4.78 is 0. The third-order valence-electron chi connectivity index (χ3n) is 13.4. The standard InChI is InChI=1S/C30H46O6/c1-16-10-13-30(24(34)35)15-14-26(4)17(21(30)29(16,7)36)8-9-19-27(26,5)12-11-18-25(2,3)22(32)20(31)23(33)28(18,19)6/h8,16,18-21,23,31,33,36H,9-15H2,1-7H3,(H,34,35)/t16-,18-,19-,20+,21-,23-,26-,27-,28+,29-,30+/m1/s1. The fourth-order valence-electron chi connectivity index (χ4n) is 10.7. The summed E-state index contributed by atoms with van der Waals surface area (Å²) in [6.45, 7) is 14.4. The molecule has 0 bridgehead atoms. The number of aliphatic carboxylic acids is 1. The normalized spacial score (nSPS) is 55.9. The molecule has 0 spiro atoms. The molecule has 0 aromatic carbocycles. The zero-order valence-corrected chi connectivity index (χ0v) is 23.1. The number of allylic oxidation sites excluding steroid dienone is 1. The van der Waals surface area contributed by atoms with Crippen LogP contribution in [0.5, 0.6) is 0 Å². The molecule has 0 aliphatic heterocycles. The second-order valence-electron chi connectivity index (χ2n) is 14.7. The minimum absolute atomic E-state index is 0.000802. The van der Waals surface area contributed by atoms with Gasteiger partial charge in [0.25, 0.3) is 0 Å². The molecule has 0 radical (unpaired) electrons. The van der Waals surface area contributed by atoms with Gasteiger partial charge in [0.2, 0.25) is 0 Å². The van der Waals surface area contributed by atoms with E-state index in [0.29, 0.717) is 25.7 Å². The van der Waals surface area contributed by atoms with Gasteiger partial charge in [-0.3, -0.25) is 9.59 Å². The molecule has 0 aromatic heterocycles. The Bertz CT molecular complexity index is 1030. The third-order valence-corrected chi connectivity index (χ3v) is 13.4. The van der Waals surface area contributed by atoms with Crippen molar-refractivity contribution >= 4 is 11.8 Å². The van der Waals surface area contributed by atoms with Crippen LogP contribution in [-0.4, -0.2) is 50.0 Å². The lowest BCUT2D eigenvalue weighted by Crippen LogP contribution is -2.71. The third kappa shape index (κ3) is 2.74. The number of carbonyl (C=O) groups excluding carboxylic acids is 1. The Morgan fingerprint density at radius 3 is 2.19 bits per heavy atom. The molecule has 6 nitrogen and oxygen atoms in total. The molecule has 4 saturated carbocycles. The molecule has 0 aromatic rings. The molecular weight excluding hydrogens is 456 g/mol. The second kappa shape index (κ2) is 7.45. The molecule has 5 aliphatic rings. The number of carboxylic acids is 1. The lowest BCUT2D eigenvalue weighted by Gasteiger charge is -2.72. The Morgan fingerprint density at radius 1 is 0.944 bits per heavy atom. The van der Waals surface area contributed by atoms with Crippen LogP contribution in [0.4, 0.5) is 0 Å². The highest BCUT2D eigenvalue weighted by Crippen LogP contribution is 2.75. The fraction of sp³-hybridized carbons (Fsp3) is 0.867. The van der Waals surface area contributed by atoms with Crippen molar-refractivity contribution in [1.82, 2.24) is 0 Å². The van der Waals surface area contributed by atoms with Gasteiger partial charge in [-0.05, 0) is 80.5 Å². The Hall–Kier alpha value is -1.24. The van der Waals surface area contributed by atoms with Crippen LogP contribution in [0.3, 0.4) is 0 Å². The first-order valence-electron chi connectivity index (χ1n) is 14.0. The number of hydrogen-bond acceptors (Lipinski definition) is 5. The maximum absolute atomic E-state index is 13.0. The van der Waals surface area contributed by atoms with Gasteiger partial charge < -0.3 is 20.4 Å². The highest BCUT2D eigenvalue weighted by Gasteiger charge is 2.73. The topological polar surface area (TPSA) is 115 Å². The average Bonchev–Trinajstić information content (AvgIpc) is 2.79. The van der Waals surface area contributed by atoms with Crippen molar-refractivity contribution in [3.63, 3.8) is 0 Å². The largest absolute Gasteiger partial charge is 0.481 e. The Labute approximate surface area is 215 Å². The van der Waals surface area contributed by atoms with Crippen LogP contribution in [-0.2, 0) is 9.59 Å². The molecule has 6 heteroatoms. The highest BCUT2D eigenvalue weighted by molar-refractivity contribution is 5.90. The van der Waals surface area contributed by atoms with E-state index in [4.69, 9.17) is 0 Å². The van der Waals surface area contributed by atoms with Crippen LogP contribution in [0.15, 0.2) is 11.6 Å². The van der Waals surface area contributed by atoms with Crippen molar-refractivity contribution in [3.8, 4) is 0 Å². The molecular formula is C30H46O6. The Kier molecular flexibility index (Phi) is 5.45. The predicted molar refractivity (Wildman–Crippen MR) is 136 cm³/mol. The van der Waals surface area contributed by atoms with Crippen LogP contribution in [0, 0.1) is 50.7 Å².